The fraction of sp³-hybridized carbons (Fsp3) is 0.500. The average Bonchev–Trinajstić information content (AvgIpc) is 2.30. The highest BCUT2D eigenvalue weighted by Gasteiger charge is 2.22. The van der Waals surface area contributed by atoms with Crippen LogP contribution in [0.2, 0.25) is 0 Å². The number of phenols is 1. The van der Waals surface area contributed by atoms with Crippen LogP contribution in [0.25, 0.3) is 0 Å². The standard InChI is InChI=1S/C14H20NO/c1-2-6-12-7-3-4-10-15(12)13-8-5-9-14(16)11-13/h5,8-12,16H,2-4,6-7H2,1H3/t12-/m0/s1. The van der Waals surface area contributed by atoms with Gasteiger partial charge in [0.15, 0.2) is 0 Å². The molecule has 1 N–H and O–H groups in total. The molecule has 2 heteroatoms. The van der Waals surface area contributed by atoms with Gasteiger partial charge in [-0.25, -0.2) is 0 Å². The number of phenolic OH excluding ortho intramolecular Hbond substituents is 1. The van der Waals surface area contributed by atoms with Crippen molar-refractivity contribution in [3.63, 3.8) is 0 Å². The van der Waals surface area contributed by atoms with Gasteiger partial charge in [0.2, 0.25) is 0 Å². The van der Waals surface area contributed by atoms with E-state index in [4.69, 9.17) is 0 Å². The summed E-state index contributed by atoms with van der Waals surface area (Å²) in [5.41, 5.74) is 1.12. The smallest absolute Gasteiger partial charge is 0.117 e. The molecule has 1 radical (unpaired) electrons. The van der Waals surface area contributed by atoms with E-state index in [0.29, 0.717) is 11.8 Å². The minimum absolute atomic E-state index is 0.353. The Morgan fingerprint density at radius 1 is 1.44 bits per heavy atom. The first-order chi connectivity index (χ1) is 7.81. The molecule has 1 aliphatic heterocycles. The van der Waals surface area contributed by atoms with E-state index in [9.17, 15) is 5.11 Å². The van der Waals surface area contributed by atoms with Crippen molar-refractivity contribution in [2.45, 2.75) is 45.1 Å². The van der Waals surface area contributed by atoms with Gasteiger partial charge < -0.3 is 10.0 Å². The highest BCUT2D eigenvalue weighted by Crippen LogP contribution is 2.31. The summed E-state index contributed by atoms with van der Waals surface area (Å²) in [6, 6.07) is 8.17. The summed E-state index contributed by atoms with van der Waals surface area (Å²) in [6.07, 6.45) is 6.15. The van der Waals surface area contributed by atoms with Gasteiger partial charge in [0.05, 0.1) is 0 Å². The summed E-state index contributed by atoms with van der Waals surface area (Å²) in [4.78, 5) is 2.34. The Bertz CT molecular complexity index is 335. The van der Waals surface area contributed by atoms with Gasteiger partial charge in [-0.3, -0.25) is 0 Å². The second-order valence-corrected chi connectivity index (χ2v) is 4.48. The third-order valence-corrected chi connectivity index (χ3v) is 3.21. The van der Waals surface area contributed by atoms with Gasteiger partial charge in [-0.1, -0.05) is 19.4 Å². The molecule has 2 rings (SSSR count). The molecular weight excluding hydrogens is 198 g/mol. The lowest BCUT2D eigenvalue weighted by Gasteiger charge is -2.37. The maximum atomic E-state index is 9.52. The molecule has 87 valence electrons. The van der Waals surface area contributed by atoms with E-state index in [1.807, 2.05) is 12.1 Å². The molecule has 1 heterocycles. The summed E-state index contributed by atoms with van der Waals surface area (Å²) in [5, 5.41) is 9.52. The first kappa shape index (κ1) is 11.3. The molecule has 1 aromatic carbocycles. The lowest BCUT2D eigenvalue weighted by molar-refractivity contribution is 0.462. The monoisotopic (exact) mass is 218 g/mol. The summed E-state index contributed by atoms with van der Waals surface area (Å²) < 4.78 is 0. The predicted molar refractivity (Wildman–Crippen MR) is 67.4 cm³/mol. The Kier molecular flexibility index (Phi) is 3.70. The lowest BCUT2D eigenvalue weighted by atomic mass is 9.97. The Balaban J connectivity index is 2.16. The Labute approximate surface area is 97.9 Å². The van der Waals surface area contributed by atoms with Crippen molar-refractivity contribution in [1.82, 2.24) is 0 Å². The third kappa shape index (κ3) is 2.49. The van der Waals surface area contributed by atoms with Crippen molar-refractivity contribution in [2.75, 3.05) is 4.90 Å². The summed E-state index contributed by atoms with van der Waals surface area (Å²) in [5.74, 6) is 0.353. The van der Waals surface area contributed by atoms with Gasteiger partial charge in [-0.15, -0.1) is 0 Å². The SMILES string of the molecule is CCC[C@H]1CCC[CH]N1c1cccc(O)c1. The first-order valence-corrected chi connectivity index (χ1v) is 6.22. The van der Waals surface area contributed by atoms with Crippen LogP contribution in [0.3, 0.4) is 0 Å². The van der Waals surface area contributed by atoms with Crippen molar-refractivity contribution >= 4 is 5.69 Å². The van der Waals surface area contributed by atoms with Crippen LogP contribution in [0.1, 0.15) is 39.0 Å². The highest BCUT2D eigenvalue weighted by atomic mass is 16.3. The fourth-order valence-corrected chi connectivity index (χ4v) is 2.46. The largest absolute Gasteiger partial charge is 0.508 e. The summed E-state index contributed by atoms with van der Waals surface area (Å²) >= 11 is 0. The normalized spacial score (nSPS) is 21.1. The first-order valence-electron chi connectivity index (χ1n) is 6.22. The van der Waals surface area contributed by atoms with Gasteiger partial charge in [-0.2, -0.15) is 0 Å². The van der Waals surface area contributed by atoms with Crippen LogP contribution in [0, 0.1) is 6.54 Å². The van der Waals surface area contributed by atoms with Crippen LogP contribution in [0.15, 0.2) is 24.3 Å². The molecular formula is C14H20NO. The Hall–Kier alpha value is -1.18. The number of rotatable bonds is 3. The summed E-state index contributed by atoms with van der Waals surface area (Å²) in [6.45, 7) is 4.51. The zero-order valence-electron chi connectivity index (χ0n) is 9.89. The minimum Gasteiger partial charge on any atom is -0.508 e. The summed E-state index contributed by atoms with van der Waals surface area (Å²) in [7, 11) is 0. The molecule has 0 aromatic heterocycles. The fourth-order valence-electron chi connectivity index (χ4n) is 2.46. The molecule has 1 atom stereocenters. The zero-order chi connectivity index (χ0) is 11.4. The van der Waals surface area contributed by atoms with Gasteiger partial charge >= 0.3 is 0 Å². The maximum absolute atomic E-state index is 9.52. The number of aromatic hydroxyl groups is 1. The number of hydrogen-bond donors (Lipinski definition) is 1. The molecule has 2 nitrogen and oxygen atoms in total. The van der Waals surface area contributed by atoms with Crippen LogP contribution < -0.4 is 4.90 Å². The third-order valence-electron chi connectivity index (χ3n) is 3.21. The number of benzene rings is 1. The Morgan fingerprint density at radius 3 is 3.06 bits per heavy atom. The topological polar surface area (TPSA) is 23.5 Å². The van der Waals surface area contributed by atoms with E-state index in [-0.39, 0.29) is 0 Å². The Morgan fingerprint density at radius 2 is 2.31 bits per heavy atom. The van der Waals surface area contributed by atoms with Crippen molar-refractivity contribution in [1.29, 1.82) is 0 Å². The van der Waals surface area contributed by atoms with Crippen molar-refractivity contribution in [3.05, 3.63) is 30.8 Å². The maximum Gasteiger partial charge on any atom is 0.117 e. The number of piperidine rings is 1. The van der Waals surface area contributed by atoms with Crippen molar-refractivity contribution in [2.24, 2.45) is 0 Å². The van der Waals surface area contributed by atoms with Gasteiger partial charge in [0, 0.05) is 24.3 Å². The molecule has 0 spiro atoms. The molecule has 0 bridgehead atoms. The van der Waals surface area contributed by atoms with E-state index in [2.05, 4.69) is 24.4 Å². The van der Waals surface area contributed by atoms with Crippen molar-refractivity contribution in [3.8, 4) is 5.75 Å². The van der Waals surface area contributed by atoms with Crippen LogP contribution >= 0.6 is 0 Å². The van der Waals surface area contributed by atoms with Crippen LogP contribution in [0.4, 0.5) is 5.69 Å². The van der Waals surface area contributed by atoms with E-state index < -0.39 is 0 Å². The molecule has 0 aliphatic carbocycles. The molecule has 1 aliphatic rings. The van der Waals surface area contributed by atoms with Crippen LogP contribution in [-0.4, -0.2) is 11.1 Å². The second kappa shape index (κ2) is 5.24. The van der Waals surface area contributed by atoms with Crippen LogP contribution in [0.5, 0.6) is 5.75 Å². The van der Waals surface area contributed by atoms with Crippen molar-refractivity contribution < 1.29 is 5.11 Å². The average molecular weight is 218 g/mol. The van der Waals surface area contributed by atoms with Gasteiger partial charge in [0.1, 0.15) is 5.75 Å². The molecule has 1 fully saturated rings. The molecule has 0 amide bonds. The predicted octanol–water partition coefficient (Wildman–Crippen LogP) is 3.71. The van der Waals surface area contributed by atoms with E-state index in [0.717, 1.165) is 12.1 Å². The molecule has 1 saturated heterocycles. The zero-order valence-corrected chi connectivity index (χ0v) is 9.89. The molecule has 16 heavy (non-hydrogen) atoms. The van der Waals surface area contributed by atoms with Crippen LogP contribution in [-0.2, 0) is 0 Å². The molecule has 0 saturated carbocycles. The highest BCUT2D eigenvalue weighted by molar-refractivity contribution is 5.53. The molecule has 0 unspecified atom stereocenters. The number of anilines is 1. The van der Waals surface area contributed by atoms with Gasteiger partial charge in [0.25, 0.3) is 0 Å². The quantitative estimate of drug-likeness (QED) is 0.836. The minimum atomic E-state index is 0.353. The molecule has 1 aromatic rings. The van der Waals surface area contributed by atoms with E-state index >= 15 is 0 Å². The second-order valence-electron chi connectivity index (χ2n) is 4.48. The number of hydrogen-bond acceptors (Lipinski definition) is 2. The van der Waals surface area contributed by atoms with E-state index in [1.54, 1.807) is 6.07 Å². The van der Waals surface area contributed by atoms with E-state index in [1.165, 1.54) is 25.7 Å². The lowest BCUT2D eigenvalue weighted by Crippen LogP contribution is -2.36. The van der Waals surface area contributed by atoms with Gasteiger partial charge in [-0.05, 0) is 37.8 Å². The number of nitrogens with zero attached hydrogens (tertiary/aromatic N) is 1.